The number of rotatable bonds is 4. The summed E-state index contributed by atoms with van der Waals surface area (Å²) in [6.07, 6.45) is 5.78. The van der Waals surface area contributed by atoms with Gasteiger partial charge < -0.3 is 5.32 Å². The molecule has 4 nitrogen and oxygen atoms in total. The number of hydrogen-bond donors (Lipinski definition) is 1. The van der Waals surface area contributed by atoms with E-state index in [-0.39, 0.29) is 11.3 Å². The van der Waals surface area contributed by atoms with Crippen LogP contribution in [0.3, 0.4) is 0 Å². The SMILES string of the molecule is CS(=O)(=O)C1CCCC1NCc1ccccn1. The molecule has 1 fully saturated rings. The highest BCUT2D eigenvalue weighted by Gasteiger charge is 2.34. The minimum atomic E-state index is -2.94. The molecule has 1 N–H and O–H groups in total. The molecule has 0 saturated heterocycles. The minimum Gasteiger partial charge on any atom is -0.307 e. The summed E-state index contributed by atoms with van der Waals surface area (Å²) in [5, 5.41) is 3.08. The van der Waals surface area contributed by atoms with Crippen LogP contribution in [0.5, 0.6) is 0 Å². The van der Waals surface area contributed by atoms with Crippen molar-refractivity contribution in [2.24, 2.45) is 0 Å². The maximum atomic E-state index is 11.6. The van der Waals surface area contributed by atoms with Crippen molar-refractivity contribution in [3.8, 4) is 0 Å². The third-order valence-electron chi connectivity index (χ3n) is 3.27. The van der Waals surface area contributed by atoms with Crippen LogP contribution in [0, 0.1) is 0 Å². The Morgan fingerprint density at radius 3 is 2.88 bits per heavy atom. The summed E-state index contributed by atoms with van der Waals surface area (Å²) in [5.74, 6) is 0. The highest BCUT2D eigenvalue weighted by atomic mass is 32.2. The molecular weight excluding hydrogens is 236 g/mol. The van der Waals surface area contributed by atoms with E-state index in [0.717, 1.165) is 25.0 Å². The Balaban J connectivity index is 1.95. The molecule has 1 saturated carbocycles. The number of nitrogens with zero attached hydrogens (tertiary/aromatic N) is 1. The molecule has 2 unspecified atom stereocenters. The first-order chi connectivity index (χ1) is 8.07. The molecule has 1 aliphatic carbocycles. The Morgan fingerprint density at radius 1 is 1.41 bits per heavy atom. The second-order valence-electron chi connectivity index (χ2n) is 4.61. The molecule has 0 bridgehead atoms. The van der Waals surface area contributed by atoms with Crippen LogP contribution in [0.1, 0.15) is 25.0 Å². The van der Waals surface area contributed by atoms with E-state index in [4.69, 9.17) is 0 Å². The Labute approximate surface area is 102 Å². The molecule has 0 spiro atoms. The molecule has 0 amide bonds. The largest absolute Gasteiger partial charge is 0.307 e. The van der Waals surface area contributed by atoms with Crippen LogP contribution >= 0.6 is 0 Å². The van der Waals surface area contributed by atoms with Crippen molar-refractivity contribution < 1.29 is 8.42 Å². The zero-order valence-electron chi connectivity index (χ0n) is 9.96. The van der Waals surface area contributed by atoms with Gasteiger partial charge in [0, 0.05) is 25.0 Å². The van der Waals surface area contributed by atoms with Gasteiger partial charge in [0.15, 0.2) is 9.84 Å². The lowest BCUT2D eigenvalue weighted by Crippen LogP contribution is -2.39. The van der Waals surface area contributed by atoms with Gasteiger partial charge >= 0.3 is 0 Å². The first-order valence-electron chi connectivity index (χ1n) is 5.89. The standard InChI is InChI=1S/C12H18N2O2S/c1-17(15,16)12-7-4-6-11(12)14-9-10-5-2-3-8-13-10/h2-3,5,8,11-12,14H,4,6-7,9H2,1H3. The van der Waals surface area contributed by atoms with Gasteiger partial charge in [0.1, 0.15) is 0 Å². The molecule has 2 atom stereocenters. The van der Waals surface area contributed by atoms with Gasteiger partial charge in [0.2, 0.25) is 0 Å². The summed E-state index contributed by atoms with van der Waals surface area (Å²) >= 11 is 0. The zero-order valence-corrected chi connectivity index (χ0v) is 10.8. The fraction of sp³-hybridized carbons (Fsp3) is 0.583. The van der Waals surface area contributed by atoms with E-state index in [1.165, 1.54) is 6.26 Å². The summed E-state index contributed by atoms with van der Waals surface area (Å²) < 4.78 is 23.2. The first kappa shape index (κ1) is 12.5. The van der Waals surface area contributed by atoms with Gasteiger partial charge in [-0.05, 0) is 25.0 Å². The van der Waals surface area contributed by atoms with Crippen LogP contribution in [0.25, 0.3) is 0 Å². The lowest BCUT2D eigenvalue weighted by molar-refractivity contribution is 0.504. The molecule has 0 aliphatic heterocycles. The van der Waals surface area contributed by atoms with Crippen molar-refractivity contribution in [2.45, 2.75) is 37.1 Å². The van der Waals surface area contributed by atoms with E-state index in [1.807, 2.05) is 18.2 Å². The number of pyridine rings is 1. The Hall–Kier alpha value is -0.940. The molecule has 5 heteroatoms. The van der Waals surface area contributed by atoms with Crippen molar-refractivity contribution in [2.75, 3.05) is 6.26 Å². The molecule has 0 aromatic carbocycles. The van der Waals surface area contributed by atoms with Gasteiger partial charge in [-0.3, -0.25) is 4.98 Å². The Bertz CT molecular complexity index is 459. The van der Waals surface area contributed by atoms with E-state index in [9.17, 15) is 8.42 Å². The number of sulfone groups is 1. The lowest BCUT2D eigenvalue weighted by Gasteiger charge is -2.19. The molecule has 1 aromatic heterocycles. The van der Waals surface area contributed by atoms with E-state index < -0.39 is 9.84 Å². The molecule has 0 radical (unpaired) electrons. The van der Waals surface area contributed by atoms with Gasteiger partial charge in [-0.15, -0.1) is 0 Å². The second-order valence-corrected chi connectivity index (χ2v) is 6.87. The second kappa shape index (κ2) is 5.14. The first-order valence-corrected chi connectivity index (χ1v) is 7.85. The Kier molecular flexibility index (Phi) is 3.79. The molecule has 1 aromatic rings. The topological polar surface area (TPSA) is 59.1 Å². The molecule has 17 heavy (non-hydrogen) atoms. The molecule has 1 heterocycles. The van der Waals surface area contributed by atoms with Crippen LogP contribution in [0.2, 0.25) is 0 Å². The van der Waals surface area contributed by atoms with Gasteiger partial charge in [0.25, 0.3) is 0 Å². The van der Waals surface area contributed by atoms with Crippen LogP contribution < -0.4 is 5.32 Å². The predicted molar refractivity (Wildman–Crippen MR) is 67.3 cm³/mol. The highest BCUT2D eigenvalue weighted by Crippen LogP contribution is 2.25. The predicted octanol–water partition coefficient (Wildman–Crippen LogP) is 1.14. The highest BCUT2D eigenvalue weighted by molar-refractivity contribution is 7.91. The molecule has 1 aliphatic rings. The van der Waals surface area contributed by atoms with Gasteiger partial charge in [0.05, 0.1) is 10.9 Å². The van der Waals surface area contributed by atoms with Crippen molar-refractivity contribution in [3.05, 3.63) is 30.1 Å². The quantitative estimate of drug-likeness (QED) is 0.875. The monoisotopic (exact) mass is 254 g/mol. The Morgan fingerprint density at radius 2 is 2.24 bits per heavy atom. The molecule has 2 rings (SSSR count). The van der Waals surface area contributed by atoms with Crippen LogP contribution in [-0.4, -0.2) is 30.9 Å². The third kappa shape index (κ3) is 3.26. The fourth-order valence-electron chi connectivity index (χ4n) is 2.41. The summed E-state index contributed by atoms with van der Waals surface area (Å²) in [6.45, 7) is 0.636. The average Bonchev–Trinajstić information content (AvgIpc) is 2.75. The average molecular weight is 254 g/mol. The van der Waals surface area contributed by atoms with Crippen LogP contribution in [0.4, 0.5) is 0 Å². The van der Waals surface area contributed by atoms with E-state index >= 15 is 0 Å². The minimum absolute atomic E-state index is 0.0759. The summed E-state index contributed by atoms with van der Waals surface area (Å²) in [5.41, 5.74) is 0.951. The van der Waals surface area contributed by atoms with Crippen LogP contribution in [-0.2, 0) is 16.4 Å². The number of aromatic nitrogens is 1. The number of hydrogen-bond acceptors (Lipinski definition) is 4. The van der Waals surface area contributed by atoms with Crippen molar-refractivity contribution in [1.29, 1.82) is 0 Å². The van der Waals surface area contributed by atoms with Crippen molar-refractivity contribution in [1.82, 2.24) is 10.3 Å². The molecule has 94 valence electrons. The maximum Gasteiger partial charge on any atom is 0.151 e. The van der Waals surface area contributed by atoms with E-state index in [0.29, 0.717) is 6.54 Å². The third-order valence-corrected chi connectivity index (χ3v) is 4.94. The van der Waals surface area contributed by atoms with E-state index in [2.05, 4.69) is 10.3 Å². The summed E-state index contributed by atoms with van der Waals surface area (Å²) in [7, 11) is -2.94. The van der Waals surface area contributed by atoms with Crippen molar-refractivity contribution >= 4 is 9.84 Å². The fourth-order valence-corrected chi connectivity index (χ4v) is 3.83. The van der Waals surface area contributed by atoms with Gasteiger partial charge in [-0.25, -0.2) is 8.42 Å². The van der Waals surface area contributed by atoms with Gasteiger partial charge in [-0.1, -0.05) is 12.5 Å². The smallest absolute Gasteiger partial charge is 0.151 e. The summed E-state index contributed by atoms with van der Waals surface area (Å²) in [4.78, 5) is 4.21. The summed E-state index contributed by atoms with van der Waals surface area (Å²) in [6, 6.07) is 5.83. The lowest BCUT2D eigenvalue weighted by atomic mass is 10.2. The number of nitrogens with one attached hydrogen (secondary N) is 1. The van der Waals surface area contributed by atoms with Crippen LogP contribution in [0.15, 0.2) is 24.4 Å². The maximum absolute atomic E-state index is 11.6. The van der Waals surface area contributed by atoms with Gasteiger partial charge in [-0.2, -0.15) is 0 Å². The normalized spacial score (nSPS) is 25.0. The zero-order chi connectivity index (χ0) is 12.3. The molecular formula is C12H18N2O2S. The van der Waals surface area contributed by atoms with E-state index in [1.54, 1.807) is 6.20 Å². The van der Waals surface area contributed by atoms with Crippen molar-refractivity contribution in [3.63, 3.8) is 0 Å².